The molecule has 0 saturated heterocycles. The van der Waals surface area contributed by atoms with Gasteiger partial charge in [-0.05, 0) is 65.8 Å². The Kier molecular flexibility index (Phi) is 6.69. The van der Waals surface area contributed by atoms with Crippen molar-refractivity contribution in [2.24, 2.45) is 0 Å². The summed E-state index contributed by atoms with van der Waals surface area (Å²) in [7, 11) is 0. The molecule has 3 rings (SSSR count). The molecule has 0 fully saturated rings. The molecule has 0 aliphatic rings. The Balaban J connectivity index is 1.77. The van der Waals surface area contributed by atoms with E-state index in [1.54, 1.807) is 12.1 Å². The highest BCUT2D eigenvalue weighted by Crippen LogP contribution is 2.29. The predicted octanol–water partition coefficient (Wildman–Crippen LogP) is 6.72. The van der Waals surface area contributed by atoms with Crippen LogP contribution in [0.3, 0.4) is 0 Å². The van der Waals surface area contributed by atoms with Crippen LogP contribution < -0.4 is 9.47 Å². The van der Waals surface area contributed by atoms with Crippen LogP contribution in [0.1, 0.15) is 56.1 Å². The van der Waals surface area contributed by atoms with E-state index in [1.807, 2.05) is 56.3 Å². The van der Waals surface area contributed by atoms with Crippen LogP contribution in [-0.4, -0.2) is 17.2 Å². The predicted molar refractivity (Wildman–Crippen MR) is 124 cm³/mol. The van der Waals surface area contributed by atoms with E-state index in [0.717, 1.165) is 22.4 Å². The third-order valence-corrected chi connectivity index (χ3v) is 4.98. The largest absolute Gasteiger partial charge is 0.491 e. The van der Waals surface area contributed by atoms with Crippen molar-refractivity contribution in [3.05, 3.63) is 83.4 Å². The zero-order chi connectivity index (χ0) is 22.6. The van der Waals surface area contributed by atoms with Gasteiger partial charge >= 0.3 is 5.97 Å². The van der Waals surface area contributed by atoms with Crippen molar-refractivity contribution in [2.75, 3.05) is 0 Å². The molecule has 0 radical (unpaired) electrons. The lowest BCUT2D eigenvalue weighted by molar-refractivity contribution is 0.0691. The highest BCUT2D eigenvalue weighted by Gasteiger charge is 2.15. The van der Waals surface area contributed by atoms with Gasteiger partial charge in [-0.15, -0.1) is 0 Å². The maximum absolute atomic E-state index is 11.8. The number of hydrogen-bond acceptors (Lipinski definition) is 3. The monoisotopic (exact) mass is 418 g/mol. The smallest absolute Gasteiger partial charge is 0.339 e. The summed E-state index contributed by atoms with van der Waals surface area (Å²) in [4.78, 5) is 11.8. The SMILES string of the molecule is CC(C)Oc1ccc(-c2ccc(OCc3ccc(C(C)(C)C)cc3)c(C(=O)O)c2)cc1. The summed E-state index contributed by atoms with van der Waals surface area (Å²) in [5, 5.41) is 9.70. The van der Waals surface area contributed by atoms with Crippen LogP contribution in [-0.2, 0) is 12.0 Å². The van der Waals surface area contributed by atoms with Crippen molar-refractivity contribution in [1.29, 1.82) is 0 Å². The van der Waals surface area contributed by atoms with E-state index in [2.05, 4.69) is 32.9 Å². The fourth-order valence-corrected chi connectivity index (χ4v) is 3.26. The zero-order valence-corrected chi connectivity index (χ0v) is 18.8. The Morgan fingerprint density at radius 1 is 0.903 bits per heavy atom. The molecular weight excluding hydrogens is 388 g/mol. The van der Waals surface area contributed by atoms with Gasteiger partial charge in [-0.1, -0.05) is 63.2 Å². The number of ether oxygens (including phenoxy) is 2. The van der Waals surface area contributed by atoms with E-state index < -0.39 is 5.97 Å². The number of hydrogen-bond donors (Lipinski definition) is 1. The van der Waals surface area contributed by atoms with Crippen molar-refractivity contribution in [2.45, 2.75) is 52.7 Å². The van der Waals surface area contributed by atoms with Gasteiger partial charge in [0, 0.05) is 0 Å². The molecule has 0 saturated carbocycles. The van der Waals surface area contributed by atoms with Crippen molar-refractivity contribution in [3.63, 3.8) is 0 Å². The van der Waals surface area contributed by atoms with Gasteiger partial charge in [-0.2, -0.15) is 0 Å². The highest BCUT2D eigenvalue weighted by atomic mass is 16.5. The maximum atomic E-state index is 11.8. The van der Waals surface area contributed by atoms with Crippen LogP contribution in [0.15, 0.2) is 66.7 Å². The summed E-state index contributed by atoms with van der Waals surface area (Å²) in [5.41, 5.74) is 4.21. The molecule has 31 heavy (non-hydrogen) atoms. The van der Waals surface area contributed by atoms with Gasteiger partial charge in [0.2, 0.25) is 0 Å². The molecule has 1 N–H and O–H groups in total. The van der Waals surface area contributed by atoms with E-state index in [4.69, 9.17) is 9.47 Å². The summed E-state index contributed by atoms with van der Waals surface area (Å²) in [6.45, 7) is 10.8. The Hall–Kier alpha value is -3.27. The van der Waals surface area contributed by atoms with Crippen LogP contribution in [0.25, 0.3) is 11.1 Å². The second-order valence-electron chi connectivity index (χ2n) is 8.94. The van der Waals surface area contributed by atoms with Crippen molar-refractivity contribution in [1.82, 2.24) is 0 Å². The minimum atomic E-state index is -1.01. The average Bonchev–Trinajstić information content (AvgIpc) is 2.72. The second kappa shape index (κ2) is 9.25. The molecule has 0 amide bonds. The van der Waals surface area contributed by atoms with Gasteiger partial charge in [-0.25, -0.2) is 4.79 Å². The van der Waals surface area contributed by atoms with Crippen molar-refractivity contribution in [3.8, 4) is 22.6 Å². The van der Waals surface area contributed by atoms with E-state index in [-0.39, 0.29) is 17.1 Å². The first-order valence-corrected chi connectivity index (χ1v) is 10.5. The minimum absolute atomic E-state index is 0.0881. The lowest BCUT2D eigenvalue weighted by atomic mass is 9.87. The van der Waals surface area contributed by atoms with Gasteiger partial charge in [0.1, 0.15) is 23.7 Å². The first-order valence-electron chi connectivity index (χ1n) is 10.5. The molecule has 162 valence electrons. The van der Waals surface area contributed by atoms with Gasteiger partial charge in [0.05, 0.1) is 6.10 Å². The standard InChI is InChI=1S/C27H30O4/c1-18(2)31-23-13-8-20(9-14-23)21-10-15-25(24(16-21)26(28)29)30-17-19-6-11-22(12-7-19)27(3,4)5/h6-16,18H,17H2,1-5H3,(H,28,29). The number of rotatable bonds is 7. The number of aromatic carboxylic acids is 1. The van der Waals surface area contributed by atoms with Crippen LogP contribution in [0.5, 0.6) is 11.5 Å². The van der Waals surface area contributed by atoms with E-state index >= 15 is 0 Å². The molecule has 0 aliphatic carbocycles. The Bertz CT molecular complexity index is 1030. The third kappa shape index (κ3) is 5.88. The molecule has 0 spiro atoms. The molecule has 0 bridgehead atoms. The van der Waals surface area contributed by atoms with Crippen LogP contribution >= 0.6 is 0 Å². The molecular formula is C27H30O4. The first kappa shape index (κ1) is 22.4. The minimum Gasteiger partial charge on any atom is -0.491 e. The number of benzene rings is 3. The zero-order valence-electron chi connectivity index (χ0n) is 18.8. The molecule has 0 unspecified atom stereocenters. The summed E-state index contributed by atoms with van der Waals surface area (Å²) in [5.74, 6) is 0.130. The first-order chi connectivity index (χ1) is 14.6. The topological polar surface area (TPSA) is 55.8 Å². The Morgan fingerprint density at radius 2 is 1.52 bits per heavy atom. The van der Waals surface area contributed by atoms with Crippen molar-refractivity contribution < 1.29 is 19.4 Å². The average molecular weight is 419 g/mol. The lowest BCUT2D eigenvalue weighted by Crippen LogP contribution is -2.11. The van der Waals surface area contributed by atoms with Crippen LogP contribution in [0, 0.1) is 0 Å². The molecule has 4 heteroatoms. The Labute approximate surface area is 184 Å². The summed E-state index contributed by atoms with van der Waals surface area (Å²) >= 11 is 0. The molecule has 0 aromatic heterocycles. The maximum Gasteiger partial charge on any atom is 0.339 e. The number of carboxylic acid groups (broad SMARTS) is 1. The molecule has 3 aromatic carbocycles. The summed E-state index contributed by atoms with van der Waals surface area (Å²) < 4.78 is 11.5. The number of carbonyl (C=O) groups is 1. The number of carboxylic acids is 1. The fourth-order valence-electron chi connectivity index (χ4n) is 3.26. The molecule has 0 heterocycles. The van der Waals surface area contributed by atoms with E-state index in [9.17, 15) is 9.90 Å². The van der Waals surface area contributed by atoms with Gasteiger partial charge < -0.3 is 14.6 Å². The van der Waals surface area contributed by atoms with Crippen LogP contribution in [0.2, 0.25) is 0 Å². The normalized spacial score (nSPS) is 11.4. The highest BCUT2D eigenvalue weighted by molar-refractivity contribution is 5.92. The van der Waals surface area contributed by atoms with Gasteiger partial charge in [0.25, 0.3) is 0 Å². The molecule has 4 nitrogen and oxygen atoms in total. The quantitative estimate of drug-likeness (QED) is 0.463. The lowest BCUT2D eigenvalue weighted by Gasteiger charge is -2.19. The molecule has 0 aliphatic heterocycles. The summed E-state index contributed by atoms with van der Waals surface area (Å²) in [6, 6.07) is 21.1. The summed E-state index contributed by atoms with van der Waals surface area (Å²) in [6.07, 6.45) is 0.102. The third-order valence-electron chi connectivity index (χ3n) is 4.98. The Morgan fingerprint density at radius 3 is 2.06 bits per heavy atom. The van der Waals surface area contributed by atoms with Crippen molar-refractivity contribution >= 4 is 5.97 Å². The van der Waals surface area contributed by atoms with Crippen LogP contribution in [0.4, 0.5) is 0 Å². The van der Waals surface area contributed by atoms with E-state index in [0.29, 0.717) is 12.4 Å². The second-order valence-corrected chi connectivity index (χ2v) is 8.94. The van der Waals surface area contributed by atoms with Gasteiger partial charge in [-0.3, -0.25) is 0 Å². The van der Waals surface area contributed by atoms with E-state index in [1.165, 1.54) is 5.56 Å². The van der Waals surface area contributed by atoms with Gasteiger partial charge in [0.15, 0.2) is 0 Å². The molecule has 3 aromatic rings. The molecule has 0 atom stereocenters. The fraction of sp³-hybridized carbons (Fsp3) is 0.296.